The van der Waals surface area contributed by atoms with Gasteiger partial charge in [0.05, 0.1) is 17.3 Å². The third-order valence-corrected chi connectivity index (χ3v) is 7.14. The molecule has 190 valence electrons. The summed E-state index contributed by atoms with van der Waals surface area (Å²) in [7, 11) is 2.08. The average Bonchev–Trinajstić information content (AvgIpc) is 3.20. The zero-order valence-corrected chi connectivity index (χ0v) is 20.4. The molecule has 2 aliphatic heterocycles. The highest BCUT2D eigenvalue weighted by atomic mass is 19.4. The second kappa shape index (κ2) is 8.99. The average molecular weight is 501 g/mol. The Morgan fingerprint density at radius 2 is 1.89 bits per heavy atom. The Hall–Kier alpha value is -3.27. The van der Waals surface area contributed by atoms with Crippen molar-refractivity contribution in [2.45, 2.75) is 44.4 Å². The van der Waals surface area contributed by atoms with Gasteiger partial charge >= 0.3 is 6.18 Å². The van der Waals surface area contributed by atoms with Crippen molar-refractivity contribution >= 4 is 11.6 Å². The SMILES string of the molecule is Cc1nc(N[C@H](C)c2cccc(C(F)(F)F)c2F)c2c(n1)C1(CCN(C)C1)CN(c1ccccn1)C2. The summed E-state index contributed by atoms with van der Waals surface area (Å²) in [5.41, 5.74) is 0.235. The fraction of sp³-hybridized carbons (Fsp3) is 0.423. The predicted molar refractivity (Wildman–Crippen MR) is 129 cm³/mol. The van der Waals surface area contributed by atoms with Gasteiger partial charge in [-0.3, -0.25) is 0 Å². The minimum absolute atomic E-state index is 0.0671. The van der Waals surface area contributed by atoms with Gasteiger partial charge in [-0.15, -0.1) is 0 Å². The number of likely N-dealkylation sites (tertiary alicyclic amines) is 1. The van der Waals surface area contributed by atoms with Crippen molar-refractivity contribution in [1.29, 1.82) is 0 Å². The molecule has 1 N–H and O–H groups in total. The van der Waals surface area contributed by atoms with Crippen LogP contribution in [-0.4, -0.2) is 46.5 Å². The van der Waals surface area contributed by atoms with Crippen LogP contribution in [0, 0.1) is 12.7 Å². The number of pyridine rings is 1. The zero-order valence-electron chi connectivity index (χ0n) is 20.4. The summed E-state index contributed by atoms with van der Waals surface area (Å²) in [5, 5.41) is 3.22. The summed E-state index contributed by atoms with van der Waals surface area (Å²) in [5.74, 6) is 0.638. The Kier molecular flexibility index (Phi) is 6.10. The predicted octanol–water partition coefficient (Wildman–Crippen LogP) is 5.10. The Morgan fingerprint density at radius 3 is 2.56 bits per heavy atom. The van der Waals surface area contributed by atoms with E-state index in [0.29, 0.717) is 18.2 Å². The molecule has 3 aromatic rings. The van der Waals surface area contributed by atoms with E-state index in [1.165, 1.54) is 12.1 Å². The monoisotopic (exact) mass is 500 g/mol. The van der Waals surface area contributed by atoms with Gasteiger partial charge in [-0.1, -0.05) is 18.2 Å². The molecule has 1 fully saturated rings. The Labute approximate surface area is 207 Å². The fourth-order valence-corrected chi connectivity index (χ4v) is 5.48. The number of fused-ring (bicyclic) bond motifs is 2. The third-order valence-electron chi connectivity index (χ3n) is 7.14. The molecule has 6 nitrogen and oxygen atoms in total. The maximum Gasteiger partial charge on any atom is 0.419 e. The number of halogens is 4. The molecule has 0 aliphatic carbocycles. The van der Waals surface area contributed by atoms with Crippen LogP contribution in [0.2, 0.25) is 0 Å². The van der Waals surface area contributed by atoms with Gasteiger partial charge in [-0.25, -0.2) is 19.3 Å². The van der Waals surface area contributed by atoms with E-state index in [9.17, 15) is 17.6 Å². The lowest BCUT2D eigenvalue weighted by Crippen LogP contribution is -2.48. The van der Waals surface area contributed by atoms with Crippen LogP contribution in [-0.2, 0) is 18.1 Å². The largest absolute Gasteiger partial charge is 0.419 e. The first-order valence-corrected chi connectivity index (χ1v) is 11.9. The molecule has 1 unspecified atom stereocenters. The number of hydrogen-bond donors (Lipinski definition) is 1. The zero-order chi connectivity index (χ0) is 25.7. The van der Waals surface area contributed by atoms with E-state index in [-0.39, 0.29) is 11.0 Å². The van der Waals surface area contributed by atoms with Crippen molar-refractivity contribution in [2.75, 3.05) is 36.9 Å². The molecule has 0 saturated carbocycles. The minimum atomic E-state index is -4.77. The molecule has 1 spiro atoms. The lowest BCUT2D eigenvalue weighted by atomic mass is 9.77. The Balaban J connectivity index is 1.57. The first-order valence-electron chi connectivity index (χ1n) is 11.9. The molecule has 2 aromatic heterocycles. The number of aromatic nitrogens is 3. The first kappa shape index (κ1) is 24.4. The van der Waals surface area contributed by atoms with Gasteiger partial charge in [0, 0.05) is 42.4 Å². The minimum Gasteiger partial charge on any atom is -0.363 e. The smallest absolute Gasteiger partial charge is 0.363 e. The number of benzene rings is 1. The van der Waals surface area contributed by atoms with E-state index in [1.54, 1.807) is 20.0 Å². The van der Waals surface area contributed by atoms with Crippen LogP contribution in [0.15, 0.2) is 42.6 Å². The maximum atomic E-state index is 14.9. The van der Waals surface area contributed by atoms with Gasteiger partial charge in [-0.05, 0) is 52.1 Å². The van der Waals surface area contributed by atoms with Gasteiger partial charge < -0.3 is 15.1 Å². The number of rotatable bonds is 4. The number of nitrogens with zero attached hydrogens (tertiary/aromatic N) is 5. The van der Waals surface area contributed by atoms with E-state index in [0.717, 1.165) is 49.2 Å². The fourth-order valence-electron chi connectivity index (χ4n) is 5.48. The van der Waals surface area contributed by atoms with Gasteiger partial charge in [0.2, 0.25) is 0 Å². The second-order valence-electron chi connectivity index (χ2n) is 9.83. The van der Waals surface area contributed by atoms with Crippen LogP contribution >= 0.6 is 0 Å². The number of likely N-dealkylation sites (N-methyl/N-ethyl adjacent to an activating group) is 1. The molecule has 1 saturated heterocycles. The van der Waals surface area contributed by atoms with Gasteiger partial charge in [-0.2, -0.15) is 13.2 Å². The summed E-state index contributed by atoms with van der Waals surface area (Å²) < 4.78 is 54.8. The van der Waals surface area contributed by atoms with Crippen LogP contribution in [0.25, 0.3) is 0 Å². The molecule has 0 bridgehead atoms. The number of nitrogens with one attached hydrogen (secondary N) is 1. The number of hydrogen-bond acceptors (Lipinski definition) is 6. The molecule has 1 aromatic carbocycles. The molecule has 0 radical (unpaired) electrons. The van der Waals surface area contributed by atoms with Crippen molar-refractivity contribution in [3.63, 3.8) is 0 Å². The standard InChI is InChI=1S/C26H28F4N6/c1-16(18-7-6-8-20(22(18)27)26(28,29)30)32-24-19-13-36(21-9-4-5-11-31-21)15-25(10-12-35(3)14-25)23(19)33-17(2)34-24/h4-9,11,16H,10,12-15H2,1-3H3,(H,32,33,34)/t16-,25?/m1/s1. The number of anilines is 2. The molecule has 4 heterocycles. The highest BCUT2D eigenvalue weighted by Gasteiger charge is 2.47. The highest BCUT2D eigenvalue weighted by Crippen LogP contribution is 2.43. The summed E-state index contributed by atoms with van der Waals surface area (Å²) in [6.45, 7) is 6.41. The highest BCUT2D eigenvalue weighted by molar-refractivity contribution is 5.57. The topological polar surface area (TPSA) is 57.2 Å². The van der Waals surface area contributed by atoms with Crippen LogP contribution in [0.5, 0.6) is 0 Å². The Morgan fingerprint density at radius 1 is 1.08 bits per heavy atom. The Bertz CT molecular complexity index is 1270. The van der Waals surface area contributed by atoms with Crippen molar-refractivity contribution < 1.29 is 17.6 Å². The normalized spacial score (nSPS) is 21.0. The van der Waals surface area contributed by atoms with E-state index >= 15 is 0 Å². The quantitative estimate of drug-likeness (QED) is 0.503. The van der Waals surface area contributed by atoms with Crippen LogP contribution in [0.1, 0.15) is 47.6 Å². The van der Waals surface area contributed by atoms with E-state index in [2.05, 4.69) is 32.1 Å². The third kappa shape index (κ3) is 4.38. The van der Waals surface area contributed by atoms with Crippen LogP contribution in [0.3, 0.4) is 0 Å². The summed E-state index contributed by atoms with van der Waals surface area (Å²) >= 11 is 0. The molecular formula is C26H28F4N6. The van der Waals surface area contributed by atoms with Gasteiger partial charge in [0.15, 0.2) is 0 Å². The van der Waals surface area contributed by atoms with Crippen molar-refractivity contribution in [3.8, 4) is 0 Å². The van der Waals surface area contributed by atoms with Crippen LogP contribution < -0.4 is 10.2 Å². The first-order chi connectivity index (χ1) is 17.1. The van der Waals surface area contributed by atoms with Crippen LogP contribution in [0.4, 0.5) is 29.2 Å². The lowest BCUT2D eigenvalue weighted by molar-refractivity contribution is -0.140. The lowest BCUT2D eigenvalue weighted by Gasteiger charge is -2.42. The molecule has 36 heavy (non-hydrogen) atoms. The van der Waals surface area contributed by atoms with Crippen molar-refractivity contribution in [2.24, 2.45) is 0 Å². The number of aryl methyl sites for hydroxylation is 1. The molecule has 0 amide bonds. The molecular weight excluding hydrogens is 472 g/mol. The summed E-state index contributed by atoms with van der Waals surface area (Å²) in [6.07, 6.45) is -2.11. The van der Waals surface area contributed by atoms with E-state index in [1.807, 2.05) is 18.2 Å². The van der Waals surface area contributed by atoms with E-state index < -0.39 is 23.6 Å². The van der Waals surface area contributed by atoms with Crippen molar-refractivity contribution in [1.82, 2.24) is 19.9 Å². The molecule has 5 rings (SSSR count). The summed E-state index contributed by atoms with van der Waals surface area (Å²) in [4.78, 5) is 18.5. The molecule has 2 atom stereocenters. The van der Waals surface area contributed by atoms with Crippen molar-refractivity contribution in [3.05, 3.63) is 76.6 Å². The number of alkyl halides is 3. The summed E-state index contributed by atoms with van der Waals surface area (Å²) in [6, 6.07) is 8.37. The molecule has 2 aliphatic rings. The maximum absolute atomic E-state index is 14.9. The van der Waals surface area contributed by atoms with Gasteiger partial charge in [0.25, 0.3) is 0 Å². The van der Waals surface area contributed by atoms with Gasteiger partial charge in [0.1, 0.15) is 23.3 Å². The molecule has 10 heteroatoms. The second-order valence-corrected chi connectivity index (χ2v) is 9.83. The van der Waals surface area contributed by atoms with E-state index in [4.69, 9.17) is 4.98 Å².